The van der Waals surface area contributed by atoms with Gasteiger partial charge in [-0.3, -0.25) is 0 Å². The molecule has 0 radical (unpaired) electrons. The van der Waals surface area contributed by atoms with Gasteiger partial charge in [-0.05, 0) is 50.0 Å². The summed E-state index contributed by atoms with van der Waals surface area (Å²) in [5.41, 5.74) is 0.510. The van der Waals surface area contributed by atoms with Gasteiger partial charge in [-0.15, -0.1) is 23.5 Å². The predicted octanol–water partition coefficient (Wildman–Crippen LogP) is 8.09. The van der Waals surface area contributed by atoms with Crippen molar-refractivity contribution < 1.29 is 18.9 Å². The first kappa shape index (κ1) is 34.4. The molecule has 0 amide bonds. The van der Waals surface area contributed by atoms with Crippen molar-refractivity contribution in [1.29, 1.82) is 10.5 Å². The Morgan fingerprint density at radius 3 is 1.29 bits per heavy atom. The molecule has 38 heavy (non-hydrogen) atoms. The maximum atomic E-state index is 10.2. The molecule has 0 aromatic heterocycles. The van der Waals surface area contributed by atoms with Gasteiger partial charge >= 0.3 is 0 Å². The van der Waals surface area contributed by atoms with Gasteiger partial charge in [0.15, 0.2) is 11.5 Å². The van der Waals surface area contributed by atoms with Crippen LogP contribution in [0.1, 0.15) is 91.2 Å². The minimum Gasteiger partial charge on any atom is -0.491 e. The van der Waals surface area contributed by atoms with Gasteiger partial charge in [0.1, 0.15) is 23.3 Å². The van der Waals surface area contributed by atoms with Gasteiger partial charge in [0, 0.05) is 27.1 Å². The van der Waals surface area contributed by atoms with Crippen LogP contribution in [0.5, 0.6) is 11.5 Å². The summed E-state index contributed by atoms with van der Waals surface area (Å²) in [6.45, 7) is 13.7. The van der Waals surface area contributed by atoms with Crippen LogP contribution in [-0.2, 0) is 9.47 Å². The zero-order valence-electron chi connectivity index (χ0n) is 24.7. The normalized spacial score (nSPS) is 12.8. The highest BCUT2D eigenvalue weighted by molar-refractivity contribution is 8.02. The molecule has 1 aromatic rings. The first-order valence-corrected chi connectivity index (χ1v) is 15.8. The molecule has 0 bridgehead atoms. The van der Waals surface area contributed by atoms with E-state index in [1.54, 1.807) is 37.7 Å². The highest BCUT2D eigenvalue weighted by atomic mass is 32.2. The second kappa shape index (κ2) is 19.5. The second-order valence-electron chi connectivity index (χ2n) is 10.4. The smallest absolute Gasteiger partial charge is 0.153 e. The van der Waals surface area contributed by atoms with Crippen molar-refractivity contribution in [2.45, 2.75) is 102 Å². The molecule has 0 aliphatic carbocycles. The molecule has 6 nitrogen and oxygen atoms in total. The number of hydrogen-bond donors (Lipinski definition) is 0. The van der Waals surface area contributed by atoms with E-state index in [2.05, 4.69) is 39.8 Å². The Balaban J connectivity index is 3.57. The van der Waals surface area contributed by atoms with Crippen LogP contribution in [0.3, 0.4) is 0 Å². The molecule has 0 saturated heterocycles. The summed E-state index contributed by atoms with van der Waals surface area (Å²) >= 11 is 3.42. The van der Waals surface area contributed by atoms with Crippen LogP contribution in [0.25, 0.3) is 0 Å². The maximum Gasteiger partial charge on any atom is 0.153 e. The Bertz CT molecular complexity index is 836. The van der Waals surface area contributed by atoms with E-state index in [9.17, 15) is 10.5 Å². The van der Waals surface area contributed by atoms with E-state index < -0.39 is 0 Å². The lowest BCUT2D eigenvalue weighted by atomic mass is 10.1. The molecule has 1 rings (SSSR count). The highest BCUT2D eigenvalue weighted by Crippen LogP contribution is 2.49. The fraction of sp³-hybridized carbons (Fsp3) is 0.733. The highest BCUT2D eigenvalue weighted by Gasteiger charge is 2.28. The van der Waals surface area contributed by atoms with Crippen molar-refractivity contribution in [3.8, 4) is 23.6 Å². The molecular weight excluding hydrogens is 516 g/mol. The van der Waals surface area contributed by atoms with Crippen LogP contribution in [0.15, 0.2) is 9.79 Å². The fourth-order valence-corrected chi connectivity index (χ4v) is 6.05. The molecular formula is C30H48N2O4S2. The van der Waals surface area contributed by atoms with Crippen molar-refractivity contribution in [2.75, 3.05) is 38.9 Å². The molecule has 2 atom stereocenters. The molecule has 214 valence electrons. The van der Waals surface area contributed by atoms with E-state index in [0.29, 0.717) is 49.4 Å². The lowest BCUT2D eigenvalue weighted by Gasteiger charge is -2.23. The summed E-state index contributed by atoms with van der Waals surface area (Å²) in [6, 6.07) is 4.54. The standard InChI is InChI=1S/C30H48N2O4S2/c1-21(2)11-9-17-37-29-27(35-15-13-23(5)33-7)25(19-31)26(20-32)28(36-16-14-24(6)34-8)30(29)38-18-10-12-22(3)4/h21-24H,9-18H2,1-8H3. The summed E-state index contributed by atoms with van der Waals surface area (Å²) < 4.78 is 23.3. The lowest BCUT2D eigenvalue weighted by molar-refractivity contribution is 0.0938. The van der Waals surface area contributed by atoms with E-state index >= 15 is 0 Å². The number of ether oxygens (including phenoxy) is 4. The Hall–Kier alpha value is -1.58. The van der Waals surface area contributed by atoms with Crippen molar-refractivity contribution in [3.63, 3.8) is 0 Å². The summed E-state index contributed by atoms with van der Waals surface area (Å²) in [6.07, 6.45) is 5.82. The van der Waals surface area contributed by atoms with Crippen LogP contribution in [0.4, 0.5) is 0 Å². The number of thioether (sulfide) groups is 2. The molecule has 0 aliphatic heterocycles. The van der Waals surface area contributed by atoms with Gasteiger partial charge in [0.05, 0.1) is 35.2 Å². The van der Waals surface area contributed by atoms with E-state index in [-0.39, 0.29) is 23.3 Å². The summed E-state index contributed by atoms with van der Waals surface area (Å²) in [4.78, 5) is 1.83. The molecule has 0 spiro atoms. The number of nitriles is 2. The van der Waals surface area contributed by atoms with E-state index in [1.165, 1.54) is 0 Å². The average Bonchev–Trinajstić information content (AvgIpc) is 2.89. The molecule has 1 aromatic carbocycles. The lowest BCUT2D eigenvalue weighted by Crippen LogP contribution is -2.14. The Morgan fingerprint density at radius 2 is 1.00 bits per heavy atom. The Kier molecular flexibility index (Phi) is 17.7. The van der Waals surface area contributed by atoms with Crippen LogP contribution < -0.4 is 9.47 Å². The number of benzene rings is 1. The quantitative estimate of drug-likeness (QED) is 0.116. The molecule has 0 heterocycles. The zero-order valence-corrected chi connectivity index (χ0v) is 26.4. The third-order valence-electron chi connectivity index (χ3n) is 6.24. The number of rotatable bonds is 20. The van der Waals surface area contributed by atoms with Gasteiger partial charge in [-0.1, -0.05) is 40.5 Å². The number of methoxy groups -OCH3 is 2. The largest absolute Gasteiger partial charge is 0.491 e. The molecule has 0 N–H and O–H groups in total. The minimum absolute atomic E-state index is 0.0355. The van der Waals surface area contributed by atoms with Crippen molar-refractivity contribution in [3.05, 3.63) is 11.1 Å². The predicted molar refractivity (Wildman–Crippen MR) is 159 cm³/mol. The first-order valence-electron chi connectivity index (χ1n) is 13.8. The van der Waals surface area contributed by atoms with E-state index in [0.717, 1.165) is 47.0 Å². The molecule has 2 unspecified atom stereocenters. The third-order valence-corrected chi connectivity index (χ3v) is 8.71. The van der Waals surface area contributed by atoms with Crippen molar-refractivity contribution in [2.24, 2.45) is 11.8 Å². The topological polar surface area (TPSA) is 84.5 Å². The Labute approximate surface area is 240 Å². The maximum absolute atomic E-state index is 10.2. The second-order valence-corrected chi connectivity index (χ2v) is 12.6. The molecule has 0 fully saturated rings. The van der Waals surface area contributed by atoms with Gasteiger partial charge in [-0.25, -0.2) is 0 Å². The average molecular weight is 565 g/mol. The number of nitrogens with zero attached hydrogens (tertiary/aromatic N) is 2. The molecule has 0 saturated carbocycles. The monoisotopic (exact) mass is 564 g/mol. The molecule has 0 aliphatic rings. The van der Waals surface area contributed by atoms with Crippen molar-refractivity contribution >= 4 is 23.5 Å². The molecule has 8 heteroatoms. The van der Waals surface area contributed by atoms with Crippen LogP contribution >= 0.6 is 23.5 Å². The van der Waals surface area contributed by atoms with Crippen molar-refractivity contribution in [1.82, 2.24) is 0 Å². The third kappa shape index (κ3) is 12.1. The summed E-state index contributed by atoms with van der Waals surface area (Å²) in [5, 5.41) is 20.4. The minimum atomic E-state index is 0.0355. The van der Waals surface area contributed by atoms with E-state index in [4.69, 9.17) is 18.9 Å². The van der Waals surface area contributed by atoms with Crippen LogP contribution in [0.2, 0.25) is 0 Å². The first-order chi connectivity index (χ1) is 18.2. The van der Waals surface area contributed by atoms with Gasteiger partial charge < -0.3 is 18.9 Å². The van der Waals surface area contributed by atoms with E-state index in [1.807, 2.05) is 13.8 Å². The zero-order chi connectivity index (χ0) is 28.5. The summed E-state index contributed by atoms with van der Waals surface area (Å²) in [7, 11) is 3.36. The Morgan fingerprint density at radius 1 is 0.632 bits per heavy atom. The van der Waals surface area contributed by atoms with Crippen LogP contribution in [-0.4, -0.2) is 51.1 Å². The van der Waals surface area contributed by atoms with Crippen LogP contribution in [0, 0.1) is 34.5 Å². The number of hydrogen-bond acceptors (Lipinski definition) is 8. The van der Waals surface area contributed by atoms with Gasteiger partial charge in [0.25, 0.3) is 0 Å². The SMILES string of the molecule is COC(C)CCOc1c(C#N)c(C#N)c(OCCC(C)OC)c(SCCCC(C)C)c1SCCCC(C)C. The van der Waals surface area contributed by atoms with Gasteiger partial charge in [0.2, 0.25) is 0 Å². The fourth-order valence-electron chi connectivity index (χ4n) is 3.63. The van der Waals surface area contributed by atoms with Gasteiger partial charge in [-0.2, -0.15) is 10.5 Å². The summed E-state index contributed by atoms with van der Waals surface area (Å²) in [5.74, 6) is 4.07.